The predicted octanol–water partition coefficient (Wildman–Crippen LogP) is 2.74. The van der Waals surface area contributed by atoms with Gasteiger partial charge in [-0.15, -0.1) is 0 Å². The Bertz CT molecular complexity index is 646. The molecule has 0 radical (unpaired) electrons. The fraction of sp³-hybridized carbons (Fsp3) is 0.471. The van der Waals surface area contributed by atoms with Crippen LogP contribution in [-0.4, -0.2) is 43.1 Å². The topological polar surface area (TPSA) is 45.4 Å². The molecule has 4 nitrogen and oxygen atoms in total. The molecule has 1 fully saturated rings. The molecule has 0 saturated heterocycles. The van der Waals surface area contributed by atoms with E-state index in [4.69, 9.17) is 5.73 Å². The second-order valence-corrected chi connectivity index (χ2v) is 6.42. The van der Waals surface area contributed by atoms with E-state index in [9.17, 15) is 0 Å². The molecule has 0 atom stereocenters. The zero-order valence-electron chi connectivity index (χ0n) is 13.1. The molecule has 0 bridgehead atoms. The van der Waals surface area contributed by atoms with Crippen molar-refractivity contribution in [3.63, 3.8) is 0 Å². The molecule has 1 saturated carbocycles. The second kappa shape index (κ2) is 5.19. The van der Waals surface area contributed by atoms with Crippen molar-refractivity contribution in [2.24, 2.45) is 0 Å². The number of anilines is 2. The molecule has 0 unspecified atom stereocenters. The van der Waals surface area contributed by atoms with Crippen LogP contribution in [0.3, 0.4) is 0 Å². The molecule has 0 spiro atoms. The van der Waals surface area contributed by atoms with Gasteiger partial charge < -0.3 is 15.5 Å². The van der Waals surface area contributed by atoms with Crippen LogP contribution in [0.15, 0.2) is 30.6 Å². The summed E-state index contributed by atoms with van der Waals surface area (Å²) in [5.41, 5.74) is 8.41. The maximum absolute atomic E-state index is 6.07. The Balaban J connectivity index is 1.95. The lowest BCUT2D eigenvalue weighted by molar-refractivity contribution is 0.0684. The summed E-state index contributed by atoms with van der Waals surface area (Å²) < 4.78 is 0. The average Bonchev–Trinajstić information content (AvgIpc) is 2.43. The minimum atomic E-state index is 0.315. The number of nitrogen functional groups attached to an aromatic ring is 1. The van der Waals surface area contributed by atoms with Crippen LogP contribution >= 0.6 is 0 Å². The largest absolute Gasteiger partial charge is 0.398 e. The Hall–Kier alpha value is -1.81. The van der Waals surface area contributed by atoms with E-state index < -0.39 is 0 Å². The third kappa shape index (κ3) is 2.33. The van der Waals surface area contributed by atoms with Crippen molar-refractivity contribution in [3.05, 3.63) is 30.6 Å². The third-order valence-corrected chi connectivity index (χ3v) is 5.00. The molecule has 3 rings (SSSR count). The first-order chi connectivity index (χ1) is 10.0. The number of nitrogens with two attached hydrogens (primary N) is 1. The van der Waals surface area contributed by atoms with Crippen LogP contribution < -0.4 is 10.6 Å². The maximum atomic E-state index is 6.07. The van der Waals surface area contributed by atoms with E-state index in [0.29, 0.717) is 5.54 Å². The average molecular weight is 284 g/mol. The molecule has 1 heterocycles. The van der Waals surface area contributed by atoms with Crippen LogP contribution in [0.25, 0.3) is 10.8 Å². The number of likely N-dealkylation sites (N-methyl/N-ethyl adjacent to an activating group) is 2. The van der Waals surface area contributed by atoms with E-state index >= 15 is 0 Å². The van der Waals surface area contributed by atoms with Gasteiger partial charge in [-0.25, -0.2) is 0 Å². The van der Waals surface area contributed by atoms with Crippen LogP contribution in [0, 0.1) is 0 Å². The predicted molar refractivity (Wildman–Crippen MR) is 89.7 cm³/mol. The van der Waals surface area contributed by atoms with Crippen LogP contribution in [0.2, 0.25) is 0 Å². The molecule has 1 aliphatic rings. The lowest BCUT2D eigenvalue weighted by atomic mass is 9.75. The van der Waals surface area contributed by atoms with E-state index in [-0.39, 0.29) is 0 Å². The van der Waals surface area contributed by atoms with E-state index in [2.05, 4.69) is 48.1 Å². The number of fused-ring (bicyclic) bond motifs is 1. The van der Waals surface area contributed by atoms with Crippen molar-refractivity contribution in [2.75, 3.05) is 38.3 Å². The molecule has 21 heavy (non-hydrogen) atoms. The molecule has 1 aliphatic carbocycles. The summed E-state index contributed by atoms with van der Waals surface area (Å²) in [5.74, 6) is 0. The molecule has 112 valence electrons. The van der Waals surface area contributed by atoms with Gasteiger partial charge in [0, 0.05) is 53.7 Å². The highest BCUT2D eigenvalue weighted by Crippen LogP contribution is 2.38. The summed E-state index contributed by atoms with van der Waals surface area (Å²) in [6, 6.07) is 6.17. The molecule has 4 heteroatoms. The molecular formula is C17H24N4. The molecule has 2 aromatic rings. The van der Waals surface area contributed by atoms with Gasteiger partial charge in [0.25, 0.3) is 0 Å². The molecule has 2 N–H and O–H groups in total. The first kappa shape index (κ1) is 14.1. The number of pyridine rings is 1. The van der Waals surface area contributed by atoms with Gasteiger partial charge in [0.1, 0.15) is 0 Å². The normalized spacial score (nSPS) is 17.0. The summed E-state index contributed by atoms with van der Waals surface area (Å²) in [6.45, 7) is 1.04. The van der Waals surface area contributed by atoms with Gasteiger partial charge in [-0.2, -0.15) is 0 Å². The highest BCUT2D eigenvalue weighted by molar-refractivity contribution is 6.00. The van der Waals surface area contributed by atoms with Crippen molar-refractivity contribution < 1.29 is 0 Å². The van der Waals surface area contributed by atoms with E-state index in [1.807, 2.05) is 18.5 Å². The number of aromatic nitrogens is 1. The Morgan fingerprint density at radius 1 is 1.14 bits per heavy atom. The second-order valence-electron chi connectivity index (χ2n) is 6.42. The third-order valence-electron chi connectivity index (χ3n) is 5.00. The Morgan fingerprint density at radius 2 is 1.90 bits per heavy atom. The lowest BCUT2D eigenvalue weighted by Crippen LogP contribution is -2.56. The van der Waals surface area contributed by atoms with Gasteiger partial charge in [0.2, 0.25) is 0 Å². The maximum Gasteiger partial charge on any atom is 0.0446 e. The van der Waals surface area contributed by atoms with Crippen molar-refractivity contribution in [1.29, 1.82) is 0 Å². The van der Waals surface area contributed by atoms with Crippen LogP contribution in [0.5, 0.6) is 0 Å². The fourth-order valence-corrected chi connectivity index (χ4v) is 3.39. The van der Waals surface area contributed by atoms with Gasteiger partial charge in [-0.05, 0) is 51.6 Å². The van der Waals surface area contributed by atoms with Gasteiger partial charge in [0.15, 0.2) is 0 Å². The van der Waals surface area contributed by atoms with Gasteiger partial charge in [-0.1, -0.05) is 0 Å². The van der Waals surface area contributed by atoms with E-state index in [0.717, 1.165) is 17.6 Å². The molecule has 1 aromatic heterocycles. The van der Waals surface area contributed by atoms with E-state index in [1.165, 1.54) is 30.3 Å². The lowest BCUT2D eigenvalue weighted by Gasteiger charge is -2.49. The van der Waals surface area contributed by atoms with Crippen molar-refractivity contribution in [1.82, 2.24) is 9.88 Å². The van der Waals surface area contributed by atoms with Gasteiger partial charge in [0.05, 0.1) is 0 Å². The van der Waals surface area contributed by atoms with Crippen molar-refractivity contribution >= 4 is 22.1 Å². The first-order valence-corrected chi connectivity index (χ1v) is 7.54. The minimum Gasteiger partial charge on any atom is -0.398 e. The van der Waals surface area contributed by atoms with Crippen LogP contribution in [0.4, 0.5) is 11.4 Å². The first-order valence-electron chi connectivity index (χ1n) is 7.54. The minimum absolute atomic E-state index is 0.315. The summed E-state index contributed by atoms with van der Waals surface area (Å²) in [5, 5.41) is 2.22. The smallest absolute Gasteiger partial charge is 0.0446 e. The SMILES string of the molecule is CN(CC1(N(C)C)CCC1)c1ccc(N)c2cnccc12. The van der Waals surface area contributed by atoms with Crippen molar-refractivity contribution in [2.45, 2.75) is 24.8 Å². The standard InChI is InChI=1S/C17H24N4/c1-20(2)17(8-4-9-17)12-21(3)16-6-5-15(18)14-11-19-10-7-13(14)16/h5-7,10-11H,4,8-9,12,18H2,1-3H3. The zero-order valence-corrected chi connectivity index (χ0v) is 13.1. The van der Waals surface area contributed by atoms with Crippen molar-refractivity contribution in [3.8, 4) is 0 Å². The summed E-state index contributed by atoms with van der Waals surface area (Å²) in [6.07, 6.45) is 7.58. The summed E-state index contributed by atoms with van der Waals surface area (Å²) in [4.78, 5) is 8.94. The quantitative estimate of drug-likeness (QED) is 0.877. The highest BCUT2D eigenvalue weighted by atomic mass is 15.2. The molecular weight excluding hydrogens is 260 g/mol. The highest BCUT2D eigenvalue weighted by Gasteiger charge is 2.40. The summed E-state index contributed by atoms with van der Waals surface area (Å²) in [7, 11) is 6.56. The Morgan fingerprint density at radius 3 is 2.52 bits per heavy atom. The van der Waals surface area contributed by atoms with Crippen LogP contribution in [-0.2, 0) is 0 Å². The fourth-order valence-electron chi connectivity index (χ4n) is 3.39. The van der Waals surface area contributed by atoms with Gasteiger partial charge >= 0.3 is 0 Å². The van der Waals surface area contributed by atoms with Gasteiger partial charge in [-0.3, -0.25) is 4.98 Å². The number of hydrogen-bond donors (Lipinski definition) is 1. The molecule has 0 amide bonds. The zero-order chi connectivity index (χ0) is 15.0. The number of rotatable bonds is 4. The van der Waals surface area contributed by atoms with Crippen LogP contribution in [0.1, 0.15) is 19.3 Å². The summed E-state index contributed by atoms with van der Waals surface area (Å²) >= 11 is 0. The Kier molecular flexibility index (Phi) is 3.49. The molecule has 1 aromatic carbocycles. The monoisotopic (exact) mass is 284 g/mol. The van der Waals surface area contributed by atoms with E-state index in [1.54, 1.807) is 0 Å². The molecule has 0 aliphatic heterocycles. The Labute approximate surface area is 126 Å². The number of benzene rings is 1. The number of hydrogen-bond acceptors (Lipinski definition) is 4. The number of nitrogens with zero attached hydrogens (tertiary/aromatic N) is 3.